The van der Waals surface area contributed by atoms with Gasteiger partial charge in [0.1, 0.15) is 10.7 Å². The second-order valence-corrected chi connectivity index (χ2v) is 9.68. The molecule has 0 bridgehead atoms. The lowest BCUT2D eigenvalue weighted by atomic mass is 10.0. The predicted octanol–water partition coefficient (Wildman–Crippen LogP) is 4.62. The normalized spacial score (nSPS) is 11.6. The third-order valence-corrected chi connectivity index (χ3v) is 7.07. The number of nitrogens with zero attached hydrogens (tertiary/aromatic N) is 5. The predicted molar refractivity (Wildman–Crippen MR) is 125 cm³/mol. The average Bonchev–Trinajstić information content (AvgIpc) is 3.27. The zero-order valence-electron chi connectivity index (χ0n) is 17.6. The highest BCUT2D eigenvalue weighted by Gasteiger charge is 2.17. The number of aryl methyl sites for hydroxylation is 4. The van der Waals surface area contributed by atoms with Crippen LogP contribution >= 0.6 is 23.1 Å². The van der Waals surface area contributed by atoms with E-state index in [2.05, 4.69) is 51.4 Å². The van der Waals surface area contributed by atoms with Crippen molar-refractivity contribution in [3.8, 4) is 11.1 Å². The Bertz CT molecular complexity index is 1500. The lowest BCUT2D eigenvalue weighted by Gasteiger charge is -2.05. The van der Waals surface area contributed by atoms with Crippen molar-refractivity contribution < 1.29 is 0 Å². The number of fused-ring (bicyclic) bond motifs is 2. The van der Waals surface area contributed by atoms with Gasteiger partial charge in [0, 0.05) is 21.8 Å². The Morgan fingerprint density at radius 1 is 1.06 bits per heavy atom. The van der Waals surface area contributed by atoms with Crippen molar-refractivity contribution >= 4 is 39.1 Å². The van der Waals surface area contributed by atoms with Crippen LogP contribution in [0.1, 0.15) is 27.7 Å². The summed E-state index contributed by atoms with van der Waals surface area (Å²) in [6, 6.07) is 10.2. The molecule has 0 amide bonds. The minimum atomic E-state index is -0.111. The first-order valence-corrected chi connectivity index (χ1v) is 11.6. The number of rotatable bonds is 4. The summed E-state index contributed by atoms with van der Waals surface area (Å²) in [5.41, 5.74) is 5.01. The molecule has 0 saturated heterocycles. The second-order valence-electron chi connectivity index (χ2n) is 7.54. The number of hydrogen-bond donors (Lipinski definition) is 1. The monoisotopic (exact) mass is 448 g/mol. The Hall–Kier alpha value is -3.04. The molecule has 0 aliphatic carbocycles. The van der Waals surface area contributed by atoms with Crippen LogP contribution in [-0.4, -0.2) is 29.5 Å². The molecule has 1 N–H and O–H groups in total. The Morgan fingerprint density at radius 2 is 1.84 bits per heavy atom. The van der Waals surface area contributed by atoms with E-state index in [0.29, 0.717) is 22.7 Å². The van der Waals surface area contributed by atoms with Gasteiger partial charge in [-0.15, -0.1) is 21.5 Å². The fraction of sp³-hybridized carbons (Fsp3) is 0.227. The highest BCUT2D eigenvalue weighted by molar-refractivity contribution is 7.98. The van der Waals surface area contributed by atoms with Crippen LogP contribution in [-0.2, 0) is 5.75 Å². The SMILES string of the molecule is Cc1ccc(-c2c(C)sc3nc(CSc4nnc5nc(C)cc(C)n45)[nH]c(=O)c23)cc1. The first kappa shape index (κ1) is 19.9. The molecular weight excluding hydrogens is 428 g/mol. The van der Waals surface area contributed by atoms with Gasteiger partial charge in [0.15, 0.2) is 5.16 Å². The number of aromatic nitrogens is 6. The fourth-order valence-electron chi connectivity index (χ4n) is 3.73. The smallest absolute Gasteiger partial charge is 0.260 e. The van der Waals surface area contributed by atoms with Gasteiger partial charge in [-0.3, -0.25) is 9.20 Å². The van der Waals surface area contributed by atoms with Crippen molar-refractivity contribution in [2.24, 2.45) is 0 Å². The summed E-state index contributed by atoms with van der Waals surface area (Å²) >= 11 is 3.03. The molecule has 5 aromatic rings. The van der Waals surface area contributed by atoms with Gasteiger partial charge in [0.25, 0.3) is 11.3 Å². The number of hydrogen-bond acceptors (Lipinski definition) is 7. The van der Waals surface area contributed by atoms with E-state index in [4.69, 9.17) is 4.98 Å². The molecule has 0 atom stereocenters. The molecule has 1 aromatic carbocycles. The molecule has 0 radical (unpaired) electrons. The molecule has 0 aliphatic rings. The highest BCUT2D eigenvalue weighted by atomic mass is 32.2. The lowest BCUT2D eigenvalue weighted by molar-refractivity contribution is 0.883. The maximum Gasteiger partial charge on any atom is 0.260 e. The molecule has 31 heavy (non-hydrogen) atoms. The largest absolute Gasteiger partial charge is 0.309 e. The van der Waals surface area contributed by atoms with Gasteiger partial charge in [-0.2, -0.15) is 0 Å². The van der Waals surface area contributed by atoms with Crippen molar-refractivity contribution in [3.63, 3.8) is 0 Å². The number of H-pyrrole nitrogens is 1. The molecule has 5 rings (SSSR count). The fourth-order valence-corrected chi connectivity index (χ4v) is 5.65. The van der Waals surface area contributed by atoms with Crippen molar-refractivity contribution in [1.82, 2.24) is 29.5 Å². The summed E-state index contributed by atoms with van der Waals surface area (Å²) in [7, 11) is 0. The third kappa shape index (κ3) is 3.53. The molecule has 7 nitrogen and oxygen atoms in total. The second kappa shape index (κ2) is 7.58. The summed E-state index contributed by atoms with van der Waals surface area (Å²) in [6.07, 6.45) is 0. The van der Waals surface area contributed by atoms with Crippen LogP contribution < -0.4 is 5.56 Å². The van der Waals surface area contributed by atoms with Gasteiger partial charge in [0.2, 0.25) is 0 Å². The van der Waals surface area contributed by atoms with Crippen molar-refractivity contribution in [3.05, 3.63) is 68.3 Å². The van der Waals surface area contributed by atoms with E-state index in [1.165, 1.54) is 17.3 Å². The zero-order chi connectivity index (χ0) is 21.7. The minimum absolute atomic E-state index is 0.111. The van der Waals surface area contributed by atoms with Crippen molar-refractivity contribution in [1.29, 1.82) is 0 Å². The number of thiophene rings is 1. The van der Waals surface area contributed by atoms with E-state index in [-0.39, 0.29) is 5.56 Å². The van der Waals surface area contributed by atoms with Gasteiger partial charge in [-0.05, 0) is 39.3 Å². The first-order chi connectivity index (χ1) is 14.9. The summed E-state index contributed by atoms with van der Waals surface area (Å²) in [6.45, 7) is 8.03. The Kier molecular flexibility index (Phi) is 4.86. The summed E-state index contributed by atoms with van der Waals surface area (Å²) < 4.78 is 1.92. The molecule has 156 valence electrons. The van der Waals surface area contributed by atoms with E-state index < -0.39 is 0 Å². The average molecular weight is 449 g/mol. The Balaban J connectivity index is 1.50. The molecule has 0 saturated carbocycles. The molecule has 0 unspecified atom stereocenters. The highest BCUT2D eigenvalue weighted by Crippen LogP contribution is 2.35. The maximum atomic E-state index is 13.0. The van der Waals surface area contributed by atoms with E-state index in [1.807, 2.05) is 31.2 Å². The van der Waals surface area contributed by atoms with Crippen LogP contribution in [0.5, 0.6) is 0 Å². The molecule has 4 aromatic heterocycles. The topological polar surface area (TPSA) is 88.8 Å². The van der Waals surface area contributed by atoms with Gasteiger partial charge < -0.3 is 4.98 Å². The van der Waals surface area contributed by atoms with Gasteiger partial charge in [0.05, 0.1) is 11.1 Å². The third-order valence-electron chi connectivity index (χ3n) is 5.13. The molecule has 4 heterocycles. The minimum Gasteiger partial charge on any atom is -0.309 e. The van der Waals surface area contributed by atoms with Crippen molar-refractivity contribution in [2.45, 2.75) is 38.6 Å². The van der Waals surface area contributed by atoms with Crippen LogP contribution in [0.4, 0.5) is 0 Å². The van der Waals surface area contributed by atoms with Crippen molar-refractivity contribution in [2.75, 3.05) is 0 Å². The maximum absolute atomic E-state index is 13.0. The van der Waals surface area contributed by atoms with Crippen LogP contribution in [0.25, 0.3) is 27.1 Å². The number of benzene rings is 1. The van der Waals surface area contributed by atoms with Gasteiger partial charge in [-0.25, -0.2) is 9.97 Å². The van der Waals surface area contributed by atoms with Crippen LogP contribution in [0.2, 0.25) is 0 Å². The van der Waals surface area contributed by atoms with Gasteiger partial charge in [-0.1, -0.05) is 41.6 Å². The molecular formula is C22H20N6OS2. The molecule has 0 fully saturated rings. The summed E-state index contributed by atoms with van der Waals surface area (Å²) in [4.78, 5) is 27.0. The Morgan fingerprint density at radius 3 is 2.61 bits per heavy atom. The number of nitrogens with one attached hydrogen (secondary N) is 1. The number of thioether (sulfide) groups is 1. The van der Waals surface area contributed by atoms with E-state index in [1.54, 1.807) is 11.3 Å². The summed E-state index contributed by atoms with van der Waals surface area (Å²) in [5, 5.41) is 9.81. The Labute approximate surface area is 186 Å². The van der Waals surface area contributed by atoms with Gasteiger partial charge >= 0.3 is 0 Å². The standard InChI is InChI=1S/C22H20N6OS2/c1-11-5-7-15(8-6-11)17-14(4)31-20-18(17)19(29)24-16(25-20)10-30-22-27-26-21-23-12(2)9-13(3)28(21)22/h5-9H,10H2,1-4H3,(H,24,25,29). The first-order valence-electron chi connectivity index (χ1n) is 9.82. The van der Waals surface area contributed by atoms with E-state index >= 15 is 0 Å². The molecule has 9 heteroatoms. The lowest BCUT2D eigenvalue weighted by Crippen LogP contribution is -2.11. The molecule has 0 aliphatic heterocycles. The van der Waals surface area contributed by atoms with E-state index in [9.17, 15) is 4.79 Å². The number of aromatic amines is 1. The van der Waals surface area contributed by atoms with E-state index in [0.717, 1.165) is 37.4 Å². The van der Waals surface area contributed by atoms with Crippen LogP contribution in [0, 0.1) is 27.7 Å². The summed E-state index contributed by atoms with van der Waals surface area (Å²) in [5.74, 6) is 1.68. The quantitative estimate of drug-likeness (QED) is 0.404. The zero-order valence-corrected chi connectivity index (χ0v) is 19.2. The molecule has 0 spiro atoms. The van der Waals surface area contributed by atoms with Crippen LogP contribution in [0.15, 0.2) is 40.3 Å². The van der Waals surface area contributed by atoms with Crippen LogP contribution in [0.3, 0.4) is 0 Å².